The third kappa shape index (κ3) is 2.20. The zero-order valence-corrected chi connectivity index (χ0v) is 15.5. The number of ketones is 3. The minimum absolute atomic E-state index is 0.0228. The summed E-state index contributed by atoms with van der Waals surface area (Å²) in [5.74, 6) is 1.54. The van der Waals surface area contributed by atoms with E-state index in [1.54, 1.807) is 12.2 Å². The molecule has 0 unspecified atom stereocenters. The predicted octanol–water partition coefficient (Wildman–Crippen LogP) is 4.07. The van der Waals surface area contributed by atoms with Crippen molar-refractivity contribution in [2.24, 2.45) is 34.5 Å². The van der Waals surface area contributed by atoms with Crippen LogP contribution >= 0.6 is 0 Å². The van der Waals surface area contributed by atoms with Gasteiger partial charge in [-0.05, 0) is 55.1 Å². The average molecular weight is 340 g/mol. The molecule has 0 N–H and O–H groups in total. The zero-order chi connectivity index (χ0) is 18.0. The van der Waals surface area contributed by atoms with Crippen molar-refractivity contribution in [3.8, 4) is 0 Å². The van der Waals surface area contributed by atoms with Crippen LogP contribution in [0.15, 0.2) is 23.8 Å². The molecule has 4 aliphatic carbocycles. The lowest BCUT2D eigenvalue weighted by Crippen LogP contribution is -2.54. The van der Waals surface area contributed by atoms with Gasteiger partial charge >= 0.3 is 0 Å². The Balaban J connectivity index is 1.73. The van der Waals surface area contributed by atoms with E-state index < -0.39 is 0 Å². The Bertz CT molecular complexity index is 715. The highest BCUT2D eigenvalue weighted by molar-refractivity contribution is 6.01. The van der Waals surface area contributed by atoms with Gasteiger partial charge < -0.3 is 0 Å². The minimum Gasteiger partial charge on any atom is -0.299 e. The molecule has 3 fully saturated rings. The molecule has 0 amide bonds. The normalized spacial score (nSPS) is 45.5. The quantitative estimate of drug-likeness (QED) is 0.761. The van der Waals surface area contributed by atoms with Crippen LogP contribution in [0.3, 0.4) is 0 Å². The number of hydrogen-bond acceptors (Lipinski definition) is 3. The van der Waals surface area contributed by atoms with E-state index in [1.165, 1.54) is 0 Å². The van der Waals surface area contributed by atoms with Crippen molar-refractivity contribution in [2.75, 3.05) is 0 Å². The summed E-state index contributed by atoms with van der Waals surface area (Å²) in [6.45, 7) is 6.28. The van der Waals surface area contributed by atoms with Gasteiger partial charge in [0.25, 0.3) is 0 Å². The number of hydrogen-bond donors (Lipinski definition) is 0. The molecule has 6 atom stereocenters. The first-order valence-corrected chi connectivity index (χ1v) is 9.81. The maximum absolute atomic E-state index is 13.3. The number of rotatable bonds is 2. The SMILES string of the molecule is CCC(=O)[C@H]1CC[C@H]2[C@@H]3CCC4=CC(=O)C=C[C@]4(C)[C@H]3C(=O)C[C@]12C. The molecule has 0 saturated heterocycles. The summed E-state index contributed by atoms with van der Waals surface area (Å²) >= 11 is 0. The fourth-order valence-corrected chi connectivity index (χ4v) is 6.80. The molecule has 3 nitrogen and oxygen atoms in total. The zero-order valence-electron chi connectivity index (χ0n) is 15.5. The van der Waals surface area contributed by atoms with Gasteiger partial charge in [0, 0.05) is 30.1 Å². The van der Waals surface area contributed by atoms with Gasteiger partial charge in [0.15, 0.2) is 5.78 Å². The second-order valence-corrected chi connectivity index (χ2v) is 9.07. The lowest BCUT2D eigenvalue weighted by molar-refractivity contribution is -0.145. The summed E-state index contributed by atoms with van der Waals surface area (Å²) in [5.41, 5.74) is 0.677. The van der Waals surface area contributed by atoms with Crippen LogP contribution in [0, 0.1) is 34.5 Å². The molecule has 4 rings (SSSR count). The minimum atomic E-state index is -0.303. The lowest BCUT2D eigenvalue weighted by Gasteiger charge is -2.55. The number of carbonyl (C=O) groups is 3. The monoisotopic (exact) mass is 340 g/mol. The molecule has 0 radical (unpaired) electrons. The van der Waals surface area contributed by atoms with Gasteiger partial charge in [0.05, 0.1) is 0 Å². The molecule has 0 aromatic carbocycles. The first-order chi connectivity index (χ1) is 11.8. The van der Waals surface area contributed by atoms with Crippen molar-refractivity contribution in [1.82, 2.24) is 0 Å². The first-order valence-electron chi connectivity index (χ1n) is 9.81. The Morgan fingerprint density at radius 2 is 1.96 bits per heavy atom. The van der Waals surface area contributed by atoms with Crippen LogP contribution in [0.2, 0.25) is 0 Å². The Labute approximate surface area is 149 Å². The molecule has 3 heteroatoms. The predicted molar refractivity (Wildman–Crippen MR) is 95.8 cm³/mol. The molecule has 0 spiro atoms. The van der Waals surface area contributed by atoms with Gasteiger partial charge in [0.2, 0.25) is 0 Å². The Hall–Kier alpha value is -1.51. The van der Waals surface area contributed by atoms with E-state index in [0.29, 0.717) is 36.2 Å². The highest BCUT2D eigenvalue weighted by Gasteiger charge is 2.62. The number of Topliss-reactive ketones (excluding diaryl/α,β-unsaturated/α-hetero) is 2. The van der Waals surface area contributed by atoms with Crippen molar-refractivity contribution in [2.45, 2.75) is 59.3 Å². The van der Waals surface area contributed by atoms with Gasteiger partial charge in [-0.15, -0.1) is 0 Å². The van der Waals surface area contributed by atoms with E-state index in [0.717, 1.165) is 31.3 Å². The Kier molecular flexibility index (Phi) is 3.72. The fourth-order valence-electron chi connectivity index (χ4n) is 6.80. The van der Waals surface area contributed by atoms with Crippen LogP contribution in [-0.2, 0) is 14.4 Å². The summed E-state index contributed by atoms with van der Waals surface area (Å²) in [6.07, 6.45) is 10.4. The molecule has 25 heavy (non-hydrogen) atoms. The molecule has 134 valence electrons. The molecule has 3 saturated carbocycles. The molecule has 0 aromatic rings. The van der Waals surface area contributed by atoms with Crippen molar-refractivity contribution >= 4 is 17.3 Å². The van der Waals surface area contributed by atoms with E-state index in [4.69, 9.17) is 0 Å². The Morgan fingerprint density at radius 1 is 1.20 bits per heavy atom. The average Bonchev–Trinajstić information content (AvgIpc) is 2.91. The summed E-state index contributed by atoms with van der Waals surface area (Å²) in [6, 6.07) is 0. The van der Waals surface area contributed by atoms with Gasteiger partial charge in [-0.3, -0.25) is 14.4 Å². The third-order valence-corrected chi connectivity index (χ3v) is 7.99. The molecule has 0 bridgehead atoms. The lowest BCUT2D eigenvalue weighted by atomic mass is 9.47. The number of fused-ring (bicyclic) bond motifs is 5. The number of allylic oxidation sites excluding steroid dienone is 4. The van der Waals surface area contributed by atoms with E-state index in [1.807, 2.05) is 13.0 Å². The smallest absolute Gasteiger partial charge is 0.178 e. The second kappa shape index (κ2) is 5.49. The maximum Gasteiger partial charge on any atom is 0.178 e. The highest BCUT2D eigenvalue weighted by Crippen LogP contribution is 2.65. The molecular weight excluding hydrogens is 312 g/mol. The van der Waals surface area contributed by atoms with Crippen molar-refractivity contribution in [3.63, 3.8) is 0 Å². The van der Waals surface area contributed by atoms with Crippen LogP contribution in [0.1, 0.15) is 59.3 Å². The summed E-state index contributed by atoms with van der Waals surface area (Å²) < 4.78 is 0. The highest BCUT2D eigenvalue weighted by atomic mass is 16.1. The van der Waals surface area contributed by atoms with Crippen LogP contribution < -0.4 is 0 Å². The summed E-state index contributed by atoms with van der Waals surface area (Å²) in [5, 5.41) is 0. The molecule has 0 aromatic heterocycles. The van der Waals surface area contributed by atoms with E-state index in [2.05, 4.69) is 13.8 Å². The topological polar surface area (TPSA) is 51.2 Å². The van der Waals surface area contributed by atoms with E-state index in [-0.39, 0.29) is 28.4 Å². The maximum atomic E-state index is 13.3. The van der Waals surface area contributed by atoms with Crippen molar-refractivity contribution in [1.29, 1.82) is 0 Å². The largest absolute Gasteiger partial charge is 0.299 e. The Morgan fingerprint density at radius 3 is 2.68 bits per heavy atom. The van der Waals surface area contributed by atoms with Gasteiger partial charge in [-0.2, -0.15) is 0 Å². The van der Waals surface area contributed by atoms with E-state index >= 15 is 0 Å². The third-order valence-electron chi connectivity index (χ3n) is 7.99. The number of carbonyl (C=O) groups excluding carboxylic acids is 3. The standard InChI is InChI=1S/C22H28O3/c1-4-18(24)17-8-7-16-15-6-5-13-11-14(23)9-10-21(13,2)20(15)19(25)12-22(16,17)3/h9-11,15-17,20H,4-8,12H2,1-3H3/t15-,16-,17+,20+,21-,22-/m0/s1. The fraction of sp³-hybridized carbons (Fsp3) is 0.682. The van der Waals surface area contributed by atoms with Crippen LogP contribution in [-0.4, -0.2) is 17.3 Å². The van der Waals surface area contributed by atoms with Gasteiger partial charge in [-0.25, -0.2) is 0 Å². The van der Waals surface area contributed by atoms with Crippen LogP contribution in [0.5, 0.6) is 0 Å². The molecule has 4 aliphatic rings. The molecule has 0 aliphatic heterocycles. The van der Waals surface area contributed by atoms with Gasteiger partial charge in [0.1, 0.15) is 11.6 Å². The van der Waals surface area contributed by atoms with Crippen LogP contribution in [0.4, 0.5) is 0 Å². The van der Waals surface area contributed by atoms with Crippen LogP contribution in [0.25, 0.3) is 0 Å². The molecule has 0 heterocycles. The van der Waals surface area contributed by atoms with Crippen molar-refractivity contribution in [3.05, 3.63) is 23.8 Å². The van der Waals surface area contributed by atoms with Crippen molar-refractivity contribution < 1.29 is 14.4 Å². The second-order valence-electron chi connectivity index (χ2n) is 9.07. The summed E-state index contributed by atoms with van der Waals surface area (Å²) in [7, 11) is 0. The first kappa shape index (κ1) is 16.9. The van der Waals surface area contributed by atoms with E-state index in [9.17, 15) is 14.4 Å². The molecular formula is C22H28O3. The van der Waals surface area contributed by atoms with Gasteiger partial charge in [-0.1, -0.05) is 32.4 Å². The summed E-state index contributed by atoms with van der Waals surface area (Å²) in [4.78, 5) is 37.6.